The van der Waals surface area contributed by atoms with E-state index >= 15 is 0 Å². The number of hydrogen-bond acceptors (Lipinski definition) is 5. The summed E-state index contributed by atoms with van der Waals surface area (Å²) >= 11 is 13.5. The van der Waals surface area contributed by atoms with Crippen LogP contribution in [0.15, 0.2) is 34.5 Å². The van der Waals surface area contributed by atoms with Gasteiger partial charge in [-0.15, -0.1) is 0 Å². The molecule has 0 saturated carbocycles. The minimum Gasteiger partial charge on any atom is -0.466 e. The Morgan fingerprint density at radius 2 is 2.15 bits per heavy atom. The molecule has 0 bridgehead atoms. The lowest BCUT2D eigenvalue weighted by atomic mass is 10.0. The fourth-order valence-corrected chi connectivity index (χ4v) is 3.55. The monoisotopic (exact) mass is 330 g/mol. The average Bonchev–Trinajstić information content (AvgIpc) is 2.40. The van der Waals surface area contributed by atoms with Crippen molar-refractivity contribution < 1.29 is 9.53 Å². The first-order valence-corrected chi connectivity index (χ1v) is 7.33. The van der Waals surface area contributed by atoms with Crippen LogP contribution in [0.1, 0.15) is 17.7 Å². The lowest BCUT2D eigenvalue weighted by Gasteiger charge is -2.24. The zero-order valence-electron chi connectivity index (χ0n) is 10.8. The second kappa shape index (κ2) is 6.08. The molecule has 1 aromatic carbocycles. The van der Waals surface area contributed by atoms with Crippen molar-refractivity contribution in [3.8, 4) is 0 Å². The molecular weight excluding hydrogens is 319 g/mol. The third-order valence-corrected chi connectivity index (χ3v) is 4.73. The summed E-state index contributed by atoms with van der Waals surface area (Å²) in [5, 5.41) is 0.811. The molecule has 0 saturated heterocycles. The van der Waals surface area contributed by atoms with Crippen molar-refractivity contribution >= 4 is 46.1 Å². The van der Waals surface area contributed by atoms with Crippen LogP contribution in [0.2, 0.25) is 10.0 Å². The summed E-state index contributed by atoms with van der Waals surface area (Å²) in [6.07, 6.45) is 0. The molecule has 106 valence electrons. The highest BCUT2D eigenvalue weighted by atomic mass is 35.5. The van der Waals surface area contributed by atoms with Gasteiger partial charge < -0.3 is 10.5 Å². The number of thioether (sulfide) groups is 1. The van der Waals surface area contributed by atoms with Crippen molar-refractivity contribution in [2.24, 2.45) is 10.7 Å². The van der Waals surface area contributed by atoms with Crippen molar-refractivity contribution in [1.82, 2.24) is 0 Å². The maximum atomic E-state index is 12.0. The zero-order valence-corrected chi connectivity index (χ0v) is 13.1. The van der Waals surface area contributed by atoms with E-state index in [1.54, 1.807) is 25.1 Å². The third-order valence-electron chi connectivity index (χ3n) is 2.84. The number of rotatable bonds is 2. The van der Waals surface area contributed by atoms with Gasteiger partial charge in [-0.1, -0.05) is 47.1 Å². The number of esters is 1. The van der Waals surface area contributed by atoms with Crippen molar-refractivity contribution in [2.75, 3.05) is 7.11 Å². The first kappa shape index (κ1) is 15.2. The van der Waals surface area contributed by atoms with Crippen LogP contribution in [0.3, 0.4) is 0 Å². The molecule has 1 atom stereocenters. The molecule has 4 nitrogen and oxygen atoms in total. The van der Waals surface area contributed by atoms with E-state index in [9.17, 15) is 4.79 Å². The number of nitrogens with two attached hydrogens (primary N) is 1. The lowest BCUT2D eigenvalue weighted by Crippen LogP contribution is -2.21. The number of carbonyl (C=O) groups excluding carboxylic acids is 1. The topological polar surface area (TPSA) is 64.7 Å². The second-order valence-electron chi connectivity index (χ2n) is 4.08. The number of halogens is 2. The predicted molar refractivity (Wildman–Crippen MR) is 83.1 cm³/mol. The van der Waals surface area contributed by atoms with Gasteiger partial charge >= 0.3 is 5.97 Å². The van der Waals surface area contributed by atoms with E-state index in [1.165, 1.54) is 18.9 Å². The Morgan fingerprint density at radius 1 is 1.45 bits per heavy atom. The lowest BCUT2D eigenvalue weighted by molar-refractivity contribution is -0.136. The first-order chi connectivity index (χ1) is 9.45. The Labute approximate surface area is 131 Å². The fraction of sp³-hybridized carbons (Fsp3) is 0.231. The number of aliphatic imine (C=N–C) groups is 1. The minimum atomic E-state index is -0.452. The van der Waals surface area contributed by atoms with Gasteiger partial charge in [-0.2, -0.15) is 0 Å². The summed E-state index contributed by atoms with van der Waals surface area (Å²) in [6, 6.07) is 5.27. The number of benzene rings is 1. The predicted octanol–water partition coefficient (Wildman–Crippen LogP) is 3.54. The van der Waals surface area contributed by atoms with Gasteiger partial charge in [0.1, 0.15) is 0 Å². The van der Waals surface area contributed by atoms with Gasteiger partial charge in [-0.25, -0.2) is 9.79 Å². The quantitative estimate of drug-likeness (QED) is 0.842. The number of hydrogen-bond donors (Lipinski definition) is 1. The van der Waals surface area contributed by atoms with E-state index in [1.807, 2.05) is 0 Å². The highest BCUT2D eigenvalue weighted by Crippen LogP contribution is 2.45. The van der Waals surface area contributed by atoms with E-state index in [0.717, 1.165) is 0 Å². The number of ether oxygens (including phenoxy) is 1. The molecule has 2 rings (SSSR count). The van der Waals surface area contributed by atoms with Crippen LogP contribution >= 0.6 is 35.0 Å². The van der Waals surface area contributed by atoms with Crippen molar-refractivity contribution in [2.45, 2.75) is 12.2 Å². The van der Waals surface area contributed by atoms with Gasteiger partial charge in [0.15, 0.2) is 5.17 Å². The van der Waals surface area contributed by atoms with E-state index in [0.29, 0.717) is 32.0 Å². The van der Waals surface area contributed by atoms with Crippen LogP contribution in [0, 0.1) is 0 Å². The number of nitrogens with zero attached hydrogens (tertiary/aromatic N) is 1. The van der Waals surface area contributed by atoms with E-state index in [-0.39, 0.29) is 5.25 Å². The maximum absolute atomic E-state index is 12.0. The van der Waals surface area contributed by atoms with Crippen molar-refractivity contribution in [1.29, 1.82) is 0 Å². The van der Waals surface area contributed by atoms with Crippen LogP contribution in [-0.4, -0.2) is 18.2 Å². The first-order valence-electron chi connectivity index (χ1n) is 5.69. The maximum Gasteiger partial charge on any atom is 0.337 e. The molecule has 1 aliphatic rings. The standard InChI is InChI=1S/C13H12Cl2N2O2S/c1-6-9(12(18)19-2)11(20-13(16)17-6)7-4-3-5-8(14)10(7)15/h3-5,11H,1-2H3,(H2,16,17)/t11-/m0/s1. The van der Waals surface area contributed by atoms with Gasteiger partial charge in [-0.05, 0) is 18.6 Å². The summed E-state index contributed by atoms with van der Waals surface area (Å²) in [5.41, 5.74) is 7.45. The molecule has 1 aromatic rings. The Bertz CT molecular complexity index is 629. The Morgan fingerprint density at radius 3 is 2.80 bits per heavy atom. The molecule has 1 heterocycles. The molecule has 0 amide bonds. The van der Waals surface area contributed by atoms with Crippen LogP contribution in [-0.2, 0) is 9.53 Å². The van der Waals surface area contributed by atoms with Crippen molar-refractivity contribution in [3.63, 3.8) is 0 Å². The van der Waals surface area contributed by atoms with Gasteiger partial charge in [0.2, 0.25) is 0 Å². The molecule has 7 heteroatoms. The van der Waals surface area contributed by atoms with Crippen LogP contribution in [0.25, 0.3) is 0 Å². The van der Waals surface area contributed by atoms with Crippen LogP contribution in [0.5, 0.6) is 0 Å². The highest BCUT2D eigenvalue weighted by molar-refractivity contribution is 8.14. The molecule has 0 aromatic heterocycles. The molecule has 1 aliphatic heterocycles. The summed E-state index contributed by atoms with van der Waals surface area (Å²) < 4.78 is 4.82. The summed E-state index contributed by atoms with van der Waals surface area (Å²) in [7, 11) is 1.32. The largest absolute Gasteiger partial charge is 0.466 e. The normalized spacial score (nSPS) is 18.8. The molecule has 0 radical (unpaired) electrons. The van der Waals surface area contributed by atoms with Gasteiger partial charge in [-0.3, -0.25) is 0 Å². The van der Waals surface area contributed by atoms with E-state index < -0.39 is 5.97 Å². The number of allylic oxidation sites excluding steroid dienone is 1. The smallest absolute Gasteiger partial charge is 0.337 e. The number of carbonyl (C=O) groups is 1. The van der Waals surface area contributed by atoms with Crippen LogP contribution < -0.4 is 5.73 Å². The molecule has 0 aliphatic carbocycles. The number of methoxy groups -OCH3 is 1. The zero-order chi connectivity index (χ0) is 14.9. The summed E-state index contributed by atoms with van der Waals surface area (Å²) in [5.74, 6) is -0.452. The number of amidine groups is 1. The molecule has 2 N–H and O–H groups in total. The van der Waals surface area contributed by atoms with E-state index in [4.69, 9.17) is 33.7 Å². The van der Waals surface area contributed by atoms with Crippen LogP contribution in [0.4, 0.5) is 0 Å². The molecule has 0 spiro atoms. The molecule has 0 unspecified atom stereocenters. The van der Waals surface area contributed by atoms with Gasteiger partial charge in [0, 0.05) is 0 Å². The fourth-order valence-electron chi connectivity index (χ4n) is 1.93. The Balaban J connectivity index is 2.57. The summed E-state index contributed by atoms with van der Waals surface area (Å²) in [6.45, 7) is 1.71. The van der Waals surface area contributed by atoms with Gasteiger partial charge in [0.25, 0.3) is 0 Å². The Hall–Kier alpha value is -1.17. The van der Waals surface area contributed by atoms with Crippen molar-refractivity contribution in [3.05, 3.63) is 45.1 Å². The third kappa shape index (κ3) is 2.80. The van der Waals surface area contributed by atoms with E-state index in [2.05, 4.69) is 4.99 Å². The SMILES string of the molecule is COC(=O)C1=C(C)N=C(N)S[C@H]1c1cccc(Cl)c1Cl. The average molecular weight is 331 g/mol. The minimum absolute atomic E-state index is 0.371. The molecular formula is C13H12Cl2N2O2S. The highest BCUT2D eigenvalue weighted by Gasteiger charge is 2.32. The second-order valence-corrected chi connectivity index (χ2v) is 5.99. The Kier molecular flexibility index (Phi) is 4.62. The summed E-state index contributed by atoms with van der Waals surface area (Å²) in [4.78, 5) is 16.1. The molecule has 0 fully saturated rings. The molecule has 20 heavy (non-hydrogen) atoms. The van der Waals surface area contributed by atoms with Gasteiger partial charge in [0.05, 0.1) is 33.7 Å².